The highest BCUT2D eigenvalue weighted by molar-refractivity contribution is 9.10. The van der Waals surface area contributed by atoms with Gasteiger partial charge in [-0.25, -0.2) is 9.97 Å². The van der Waals surface area contributed by atoms with E-state index in [1.807, 2.05) is 24.3 Å². The van der Waals surface area contributed by atoms with E-state index in [0.717, 1.165) is 10.0 Å². The summed E-state index contributed by atoms with van der Waals surface area (Å²) in [6, 6.07) is 7.91. The van der Waals surface area contributed by atoms with Crippen LogP contribution in [-0.4, -0.2) is 21.2 Å². The molecule has 1 aromatic carbocycles. The fourth-order valence-electron chi connectivity index (χ4n) is 2.27. The Kier molecular flexibility index (Phi) is 3.01. The summed E-state index contributed by atoms with van der Waals surface area (Å²) in [5.41, 5.74) is 2.30. The lowest BCUT2D eigenvalue weighted by atomic mass is 10.1. The fraction of sp³-hybridized carbons (Fsp3) is 0.231. The minimum absolute atomic E-state index is 0.137. The number of anilines is 1. The van der Waals surface area contributed by atoms with Crippen LogP contribution < -0.4 is 5.32 Å². The van der Waals surface area contributed by atoms with Crippen molar-refractivity contribution in [1.29, 1.82) is 0 Å². The second-order valence-corrected chi connectivity index (χ2v) is 5.23. The predicted molar refractivity (Wildman–Crippen MR) is 72.2 cm³/mol. The van der Waals surface area contributed by atoms with Gasteiger partial charge >= 0.3 is 0 Å². The van der Waals surface area contributed by atoms with Gasteiger partial charge in [-0.3, -0.25) is 0 Å². The van der Waals surface area contributed by atoms with Gasteiger partial charge in [-0.05, 0) is 27.1 Å². The van der Waals surface area contributed by atoms with Crippen molar-refractivity contribution in [3.63, 3.8) is 0 Å². The maximum atomic E-state index is 10.1. The number of fused-ring (bicyclic) bond motifs is 1. The number of aliphatic hydroxyl groups excluding tert-OH is 1. The van der Waals surface area contributed by atoms with E-state index in [2.05, 4.69) is 31.2 Å². The van der Waals surface area contributed by atoms with Crippen LogP contribution in [0, 0.1) is 0 Å². The lowest BCUT2D eigenvalue weighted by Crippen LogP contribution is -2.22. The summed E-state index contributed by atoms with van der Waals surface area (Å²) in [7, 11) is 0. The monoisotopic (exact) mass is 305 g/mol. The van der Waals surface area contributed by atoms with E-state index in [1.54, 1.807) is 12.4 Å². The smallest absolute Gasteiger partial charge is 0.223 e. The number of aliphatic hydroxyl groups is 1. The zero-order chi connectivity index (χ0) is 12.5. The van der Waals surface area contributed by atoms with Crippen LogP contribution in [0.15, 0.2) is 41.1 Å². The van der Waals surface area contributed by atoms with E-state index in [0.29, 0.717) is 12.4 Å². The largest absolute Gasteiger partial charge is 0.390 e. The third-order valence-electron chi connectivity index (χ3n) is 3.11. The van der Waals surface area contributed by atoms with Gasteiger partial charge in [0.1, 0.15) is 0 Å². The van der Waals surface area contributed by atoms with Crippen molar-refractivity contribution in [1.82, 2.24) is 9.97 Å². The number of nitrogens with zero attached hydrogens (tertiary/aromatic N) is 2. The zero-order valence-corrected chi connectivity index (χ0v) is 11.1. The summed E-state index contributed by atoms with van der Waals surface area (Å²) >= 11 is 3.29. The van der Waals surface area contributed by atoms with Gasteiger partial charge in [0.15, 0.2) is 0 Å². The summed E-state index contributed by atoms with van der Waals surface area (Å²) in [4.78, 5) is 8.34. The van der Waals surface area contributed by atoms with Crippen molar-refractivity contribution < 1.29 is 5.11 Å². The molecule has 0 spiro atoms. The molecule has 1 aromatic heterocycles. The molecule has 5 heteroatoms. The fourth-order valence-corrected chi connectivity index (χ4v) is 2.48. The van der Waals surface area contributed by atoms with Crippen molar-refractivity contribution in [3.8, 4) is 0 Å². The first-order chi connectivity index (χ1) is 8.74. The quantitative estimate of drug-likeness (QED) is 0.894. The average molecular weight is 306 g/mol. The zero-order valence-electron chi connectivity index (χ0n) is 9.55. The standard InChI is InChI=1S/C13H12BrN3O/c14-9-6-15-13(16-7-9)17-12-10-4-2-1-3-8(10)5-11(12)18/h1-4,6-7,11-12,18H,5H2,(H,15,16,17)/t11-,12+/m1/s1. The summed E-state index contributed by atoms with van der Waals surface area (Å²) in [6.45, 7) is 0. The van der Waals surface area contributed by atoms with Gasteiger partial charge < -0.3 is 10.4 Å². The number of hydrogen-bond donors (Lipinski definition) is 2. The van der Waals surface area contributed by atoms with Crippen molar-refractivity contribution >= 4 is 21.9 Å². The molecule has 0 saturated carbocycles. The van der Waals surface area contributed by atoms with Crippen molar-refractivity contribution in [2.75, 3.05) is 5.32 Å². The predicted octanol–water partition coefficient (Wildman–Crippen LogP) is 2.31. The lowest BCUT2D eigenvalue weighted by molar-refractivity contribution is 0.165. The van der Waals surface area contributed by atoms with Crippen LogP contribution in [0.5, 0.6) is 0 Å². The van der Waals surface area contributed by atoms with E-state index in [4.69, 9.17) is 0 Å². The SMILES string of the molecule is O[C@@H]1Cc2ccccc2[C@@H]1Nc1ncc(Br)cn1. The number of halogens is 1. The Hall–Kier alpha value is -1.46. The van der Waals surface area contributed by atoms with E-state index in [1.165, 1.54) is 5.56 Å². The molecule has 2 aromatic rings. The molecule has 0 saturated heterocycles. The molecule has 4 nitrogen and oxygen atoms in total. The Morgan fingerprint density at radius 3 is 2.72 bits per heavy atom. The maximum Gasteiger partial charge on any atom is 0.223 e. The van der Waals surface area contributed by atoms with Crippen LogP contribution in [0.3, 0.4) is 0 Å². The maximum absolute atomic E-state index is 10.1. The van der Waals surface area contributed by atoms with Crippen molar-refractivity contribution in [3.05, 3.63) is 52.3 Å². The van der Waals surface area contributed by atoms with Crippen LogP contribution in [0.4, 0.5) is 5.95 Å². The Balaban J connectivity index is 1.87. The molecule has 2 atom stereocenters. The molecule has 2 N–H and O–H groups in total. The van der Waals surface area contributed by atoms with Gasteiger partial charge in [-0.2, -0.15) is 0 Å². The Labute approximate surface area is 113 Å². The van der Waals surface area contributed by atoms with E-state index in [9.17, 15) is 5.11 Å². The van der Waals surface area contributed by atoms with Crippen molar-refractivity contribution in [2.45, 2.75) is 18.6 Å². The first-order valence-electron chi connectivity index (χ1n) is 5.74. The second-order valence-electron chi connectivity index (χ2n) is 4.32. The number of rotatable bonds is 2. The topological polar surface area (TPSA) is 58.0 Å². The van der Waals surface area contributed by atoms with Gasteiger partial charge in [-0.15, -0.1) is 0 Å². The summed E-state index contributed by atoms with van der Waals surface area (Å²) < 4.78 is 0.834. The molecule has 0 radical (unpaired) electrons. The first kappa shape index (κ1) is 11.6. The Morgan fingerprint density at radius 1 is 1.22 bits per heavy atom. The summed E-state index contributed by atoms with van der Waals surface area (Å²) in [5, 5.41) is 13.3. The molecule has 0 fully saturated rings. The summed E-state index contributed by atoms with van der Waals surface area (Å²) in [5.74, 6) is 0.527. The third kappa shape index (κ3) is 2.11. The number of aromatic nitrogens is 2. The van der Waals surface area contributed by atoms with Crippen molar-refractivity contribution in [2.24, 2.45) is 0 Å². The van der Waals surface area contributed by atoms with E-state index in [-0.39, 0.29) is 6.04 Å². The minimum Gasteiger partial charge on any atom is -0.390 e. The van der Waals surface area contributed by atoms with E-state index < -0.39 is 6.10 Å². The second kappa shape index (κ2) is 4.66. The molecule has 1 heterocycles. The highest BCUT2D eigenvalue weighted by Gasteiger charge is 2.30. The molecule has 0 bridgehead atoms. The molecule has 1 aliphatic carbocycles. The van der Waals surface area contributed by atoms with E-state index >= 15 is 0 Å². The van der Waals surface area contributed by atoms with Gasteiger partial charge in [0, 0.05) is 18.8 Å². The molecule has 92 valence electrons. The molecule has 18 heavy (non-hydrogen) atoms. The van der Waals surface area contributed by atoms with Crippen LogP contribution in [0.1, 0.15) is 17.2 Å². The van der Waals surface area contributed by atoms with Crippen LogP contribution in [0.2, 0.25) is 0 Å². The van der Waals surface area contributed by atoms with Gasteiger partial charge in [0.25, 0.3) is 0 Å². The molecular weight excluding hydrogens is 294 g/mol. The van der Waals surface area contributed by atoms with Crippen LogP contribution in [0.25, 0.3) is 0 Å². The molecule has 1 aliphatic rings. The molecule has 0 aliphatic heterocycles. The normalized spacial score (nSPS) is 21.7. The Morgan fingerprint density at radius 2 is 1.94 bits per heavy atom. The molecular formula is C13H12BrN3O. The van der Waals surface area contributed by atoms with Crippen LogP contribution >= 0.6 is 15.9 Å². The van der Waals surface area contributed by atoms with Gasteiger partial charge in [0.2, 0.25) is 5.95 Å². The lowest BCUT2D eigenvalue weighted by Gasteiger charge is -2.17. The molecule has 0 amide bonds. The number of hydrogen-bond acceptors (Lipinski definition) is 4. The highest BCUT2D eigenvalue weighted by atomic mass is 79.9. The third-order valence-corrected chi connectivity index (χ3v) is 3.52. The van der Waals surface area contributed by atoms with Crippen LogP contribution in [-0.2, 0) is 6.42 Å². The molecule has 3 rings (SSSR count). The summed E-state index contributed by atoms with van der Waals surface area (Å²) in [6.07, 6.45) is 3.60. The highest BCUT2D eigenvalue weighted by Crippen LogP contribution is 2.33. The minimum atomic E-state index is -0.436. The van der Waals surface area contributed by atoms with Gasteiger partial charge in [-0.1, -0.05) is 24.3 Å². The number of benzene rings is 1. The van der Waals surface area contributed by atoms with Gasteiger partial charge in [0.05, 0.1) is 16.6 Å². The first-order valence-corrected chi connectivity index (χ1v) is 6.53. The Bertz CT molecular complexity index is 558. The average Bonchev–Trinajstić information content (AvgIpc) is 2.69. The molecule has 0 unspecified atom stereocenters. The number of nitrogens with one attached hydrogen (secondary N) is 1.